The molecule has 0 spiro atoms. The first-order valence-electron chi connectivity index (χ1n) is 12.8. The number of hydrogen-bond donors (Lipinski definition) is 0. The molecule has 0 aliphatic carbocycles. The smallest absolute Gasteiger partial charge is 0.169 e. The number of hydrazone groups is 2. The number of para-hydroxylation sites is 2. The lowest BCUT2D eigenvalue weighted by molar-refractivity contribution is -0.701. The van der Waals surface area contributed by atoms with E-state index < -0.39 is 0 Å². The van der Waals surface area contributed by atoms with Gasteiger partial charge in [-0.3, -0.25) is 10.0 Å². The Morgan fingerprint density at radius 1 is 0.538 bits per heavy atom. The van der Waals surface area contributed by atoms with E-state index in [1.165, 1.54) is 6.42 Å². The molecule has 0 N–H and O–H groups in total. The first kappa shape index (κ1) is 31.9. The largest absolute Gasteiger partial charge is 1.00 e. The Labute approximate surface area is 253 Å². The van der Waals surface area contributed by atoms with Crippen LogP contribution in [0.4, 0.5) is 11.4 Å². The fraction of sp³-hybridized carbons (Fsp3) is 0.226. The summed E-state index contributed by atoms with van der Waals surface area (Å²) in [6.07, 6.45) is 15.8. The summed E-state index contributed by atoms with van der Waals surface area (Å²) >= 11 is 0. The van der Waals surface area contributed by atoms with Gasteiger partial charge < -0.3 is 34.0 Å². The van der Waals surface area contributed by atoms with E-state index in [0.717, 1.165) is 48.4 Å². The third-order valence-corrected chi connectivity index (χ3v) is 6.19. The minimum Gasteiger partial charge on any atom is -1.00 e. The fourth-order valence-electron chi connectivity index (χ4n) is 3.90. The van der Waals surface area contributed by atoms with Crippen LogP contribution in [0.25, 0.3) is 0 Å². The fourth-order valence-corrected chi connectivity index (χ4v) is 3.90. The van der Waals surface area contributed by atoms with Crippen molar-refractivity contribution in [3.05, 3.63) is 121 Å². The minimum atomic E-state index is 0. The van der Waals surface area contributed by atoms with Crippen molar-refractivity contribution >= 4 is 23.8 Å². The van der Waals surface area contributed by atoms with Gasteiger partial charge in [-0.05, 0) is 30.7 Å². The third-order valence-electron chi connectivity index (χ3n) is 6.19. The second kappa shape index (κ2) is 17.3. The Morgan fingerprint density at radius 3 is 1.26 bits per heavy atom. The van der Waals surface area contributed by atoms with E-state index in [9.17, 15) is 0 Å². The Hall–Kier alpha value is -3.36. The van der Waals surface area contributed by atoms with Crippen molar-refractivity contribution in [3.8, 4) is 0 Å². The predicted molar refractivity (Wildman–Crippen MR) is 152 cm³/mol. The highest BCUT2D eigenvalue weighted by Crippen LogP contribution is 2.12. The lowest BCUT2D eigenvalue weighted by Gasteiger charge is -2.11. The van der Waals surface area contributed by atoms with E-state index in [4.69, 9.17) is 0 Å². The van der Waals surface area contributed by atoms with Crippen LogP contribution in [0.15, 0.2) is 120 Å². The molecule has 0 bridgehead atoms. The molecule has 0 fully saturated rings. The van der Waals surface area contributed by atoms with Gasteiger partial charge in [-0.1, -0.05) is 36.4 Å². The van der Waals surface area contributed by atoms with Crippen LogP contribution >= 0.6 is 0 Å². The van der Waals surface area contributed by atoms with Crippen LogP contribution in [0, 0.1) is 0 Å². The van der Waals surface area contributed by atoms with E-state index in [1.807, 2.05) is 97.2 Å². The number of unbranched alkanes of at least 4 members (excludes halogenated alkanes) is 2. The average molecular weight is 652 g/mol. The number of hydrogen-bond acceptors (Lipinski definition) is 4. The Balaban J connectivity index is 0.00000267. The summed E-state index contributed by atoms with van der Waals surface area (Å²) in [5.41, 5.74) is 4.32. The molecule has 8 heteroatoms. The molecule has 0 saturated carbocycles. The molecule has 0 radical (unpaired) electrons. The number of benzene rings is 2. The van der Waals surface area contributed by atoms with Crippen LogP contribution in [0.3, 0.4) is 0 Å². The number of rotatable bonds is 12. The summed E-state index contributed by atoms with van der Waals surface area (Å²) in [4.78, 5) is 0. The molecule has 204 valence electrons. The lowest BCUT2D eigenvalue weighted by atomic mass is 10.2. The number of halogens is 2. The molecular weight excluding hydrogens is 616 g/mol. The van der Waals surface area contributed by atoms with Crippen LogP contribution in [-0.2, 0) is 13.1 Å². The molecular formula is C31H36Br2N6. The highest BCUT2D eigenvalue weighted by atomic mass is 79.9. The van der Waals surface area contributed by atoms with Gasteiger partial charge in [0.05, 0.1) is 23.8 Å². The average Bonchev–Trinajstić information content (AvgIpc) is 2.96. The van der Waals surface area contributed by atoms with Gasteiger partial charge in [0.2, 0.25) is 0 Å². The van der Waals surface area contributed by atoms with Gasteiger partial charge >= 0.3 is 0 Å². The molecule has 4 aromatic rings. The summed E-state index contributed by atoms with van der Waals surface area (Å²) < 4.78 is 4.48. The first-order chi connectivity index (χ1) is 18.2. The Kier molecular flexibility index (Phi) is 14.1. The zero-order chi connectivity index (χ0) is 25.7. The summed E-state index contributed by atoms with van der Waals surface area (Å²) in [6, 6.07) is 28.7. The molecule has 2 aromatic carbocycles. The van der Waals surface area contributed by atoms with Crippen LogP contribution in [-0.4, -0.2) is 26.5 Å². The summed E-state index contributed by atoms with van der Waals surface area (Å²) in [5, 5.41) is 12.8. The number of nitrogens with zero attached hydrogens (tertiary/aromatic N) is 6. The van der Waals surface area contributed by atoms with Crippen molar-refractivity contribution in [1.29, 1.82) is 0 Å². The van der Waals surface area contributed by atoms with E-state index in [1.54, 1.807) is 0 Å². The second-order valence-corrected chi connectivity index (χ2v) is 9.01. The molecule has 0 amide bonds. The predicted octanol–water partition coefficient (Wildman–Crippen LogP) is -0.919. The topological polar surface area (TPSA) is 39.0 Å². The van der Waals surface area contributed by atoms with Crippen molar-refractivity contribution in [2.75, 3.05) is 24.1 Å². The minimum absolute atomic E-state index is 0. The highest BCUT2D eigenvalue weighted by molar-refractivity contribution is 5.80. The number of pyridine rings is 2. The van der Waals surface area contributed by atoms with Gasteiger partial charge in [0, 0.05) is 62.3 Å². The molecule has 0 atom stereocenters. The standard InChI is InChI=1S/C31H36N6.2BrH/c1-34(30-12-6-3-7-13-30)32-26-28-16-22-36(23-17-28)20-10-5-11-21-37-24-18-29(19-25-37)27-33-35(2)31-14-8-4-9-15-31;;/h3-4,6-9,12-19,22-27H,5,10-11,20-21H2,1-2H3;2*1H/q+2;;/p-2. The molecule has 4 rings (SSSR count). The van der Waals surface area contributed by atoms with Crippen LogP contribution in [0.2, 0.25) is 0 Å². The number of anilines is 2. The van der Waals surface area contributed by atoms with Crippen molar-refractivity contribution < 1.29 is 43.1 Å². The van der Waals surface area contributed by atoms with Gasteiger partial charge in [0.25, 0.3) is 0 Å². The second-order valence-electron chi connectivity index (χ2n) is 9.01. The maximum atomic E-state index is 4.53. The monoisotopic (exact) mass is 650 g/mol. The molecule has 2 heterocycles. The van der Waals surface area contributed by atoms with Crippen LogP contribution < -0.4 is 53.1 Å². The third kappa shape index (κ3) is 10.7. The van der Waals surface area contributed by atoms with Gasteiger partial charge in [-0.15, -0.1) is 0 Å². The summed E-state index contributed by atoms with van der Waals surface area (Å²) in [6.45, 7) is 2.05. The van der Waals surface area contributed by atoms with Gasteiger partial charge in [0.15, 0.2) is 24.8 Å². The lowest BCUT2D eigenvalue weighted by Crippen LogP contribution is -3.00. The molecule has 2 aromatic heterocycles. The number of aryl methyl sites for hydroxylation is 2. The molecule has 0 unspecified atom stereocenters. The van der Waals surface area contributed by atoms with E-state index in [0.29, 0.717) is 0 Å². The van der Waals surface area contributed by atoms with Crippen LogP contribution in [0.1, 0.15) is 30.4 Å². The molecule has 0 aliphatic heterocycles. The van der Waals surface area contributed by atoms with E-state index in [-0.39, 0.29) is 34.0 Å². The first-order valence-corrected chi connectivity index (χ1v) is 12.8. The maximum Gasteiger partial charge on any atom is 0.169 e. The summed E-state index contributed by atoms with van der Waals surface area (Å²) in [7, 11) is 3.92. The SMILES string of the molecule is CN(N=Cc1cc[n+](CCCCC[n+]2ccc(C=NN(C)c3ccccc3)cc2)cc1)c1ccccc1.[Br-].[Br-]. The van der Waals surface area contributed by atoms with E-state index in [2.05, 4.69) is 68.4 Å². The van der Waals surface area contributed by atoms with Crippen molar-refractivity contribution in [3.63, 3.8) is 0 Å². The maximum absolute atomic E-state index is 4.53. The quantitative estimate of drug-likeness (QED) is 0.0861. The molecule has 0 aliphatic rings. The number of aromatic nitrogens is 2. The van der Waals surface area contributed by atoms with Crippen LogP contribution in [0.5, 0.6) is 0 Å². The zero-order valence-corrected chi connectivity index (χ0v) is 25.7. The van der Waals surface area contributed by atoms with Gasteiger partial charge in [0.1, 0.15) is 13.1 Å². The molecule has 0 saturated heterocycles. The van der Waals surface area contributed by atoms with Crippen molar-refractivity contribution in [1.82, 2.24) is 0 Å². The zero-order valence-electron chi connectivity index (χ0n) is 22.5. The van der Waals surface area contributed by atoms with Crippen molar-refractivity contribution in [2.24, 2.45) is 10.2 Å². The normalized spacial score (nSPS) is 10.7. The van der Waals surface area contributed by atoms with Gasteiger partial charge in [-0.25, -0.2) is 9.13 Å². The van der Waals surface area contributed by atoms with E-state index >= 15 is 0 Å². The molecule has 6 nitrogen and oxygen atoms in total. The molecule has 39 heavy (non-hydrogen) atoms. The van der Waals surface area contributed by atoms with Crippen molar-refractivity contribution in [2.45, 2.75) is 32.4 Å². The Morgan fingerprint density at radius 2 is 0.897 bits per heavy atom. The summed E-state index contributed by atoms with van der Waals surface area (Å²) in [5.74, 6) is 0. The Bertz CT molecular complexity index is 1160. The van der Waals surface area contributed by atoms with Gasteiger partial charge in [-0.2, -0.15) is 10.2 Å². The highest BCUT2D eigenvalue weighted by Gasteiger charge is 2.04.